The highest BCUT2D eigenvalue weighted by atomic mass is 16.2. The zero-order valence-electron chi connectivity index (χ0n) is 13.6. The number of amides is 2. The molecule has 2 aliphatic rings. The number of rotatable bonds is 4. The van der Waals surface area contributed by atoms with Crippen LogP contribution in [0.25, 0.3) is 0 Å². The van der Waals surface area contributed by atoms with Crippen LogP contribution in [0.5, 0.6) is 0 Å². The van der Waals surface area contributed by atoms with Crippen molar-refractivity contribution in [2.24, 2.45) is 0 Å². The fourth-order valence-electron chi connectivity index (χ4n) is 3.53. The number of hydrogen-bond acceptors (Lipinski definition) is 2. The molecule has 0 bridgehead atoms. The summed E-state index contributed by atoms with van der Waals surface area (Å²) in [5.74, 6) is 0. The second kappa shape index (κ2) is 7.14. The minimum Gasteiger partial charge on any atom is -0.334 e. The predicted molar refractivity (Wildman–Crippen MR) is 90.4 cm³/mol. The van der Waals surface area contributed by atoms with Gasteiger partial charge in [0, 0.05) is 31.4 Å². The summed E-state index contributed by atoms with van der Waals surface area (Å²) < 4.78 is 0. The third-order valence-electron chi connectivity index (χ3n) is 4.78. The molecule has 1 fully saturated rings. The molecule has 4 heteroatoms. The van der Waals surface area contributed by atoms with Crippen LogP contribution in [0.3, 0.4) is 0 Å². The van der Waals surface area contributed by atoms with Gasteiger partial charge in [0.25, 0.3) is 0 Å². The van der Waals surface area contributed by atoms with Crippen LogP contribution in [0.1, 0.15) is 38.2 Å². The van der Waals surface area contributed by atoms with Gasteiger partial charge in [0.05, 0.1) is 0 Å². The molecule has 0 aliphatic carbocycles. The number of nitrogens with one attached hydrogen (secondary N) is 1. The van der Waals surface area contributed by atoms with Gasteiger partial charge < -0.3 is 10.2 Å². The van der Waals surface area contributed by atoms with Crippen LogP contribution in [0.15, 0.2) is 24.3 Å². The van der Waals surface area contributed by atoms with Gasteiger partial charge in [0.1, 0.15) is 0 Å². The molecule has 1 aromatic carbocycles. The molecule has 1 atom stereocenters. The average Bonchev–Trinajstić information content (AvgIpc) is 2.99. The van der Waals surface area contributed by atoms with Gasteiger partial charge >= 0.3 is 6.03 Å². The number of urea groups is 1. The summed E-state index contributed by atoms with van der Waals surface area (Å²) in [4.78, 5) is 17.0. The molecule has 120 valence electrons. The van der Waals surface area contributed by atoms with Crippen LogP contribution < -0.4 is 10.2 Å². The van der Waals surface area contributed by atoms with E-state index in [0.29, 0.717) is 6.04 Å². The lowest BCUT2D eigenvalue weighted by molar-refractivity contribution is 0.241. The van der Waals surface area contributed by atoms with Gasteiger partial charge in [-0.2, -0.15) is 0 Å². The molecule has 2 heterocycles. The Balaban J connectivity index is 1.57. The fraction of sp³-hybridized carbons (Fsp3) is 0.611. The van der Waals surface area contributed by atoms with E-state index in [0.717, 1.165) is 51.1 Å². The second-order valence-electron chi connectivity index (χ2n) is 6.47. The molecule has 22 heavy (non-hydrogen) atoms. The van der Waals surface area contributed by atoms with Gasteiger partial charge in [-0.3, -0.25) is 4.90 Å². The van der Waals surface area contributed by atoms with Crippen molar-refractivity contribution in [2.45, 2.75) is 45.1 Å². The maximum Gasteiger partial charge on any atom is 0.322 e. The van der Waals surface area contributed by atoms with E-state index in [1.807, 2.05) is 11.0 Å². The molecular formula is C18H27N3O. The first-order valence-corrected chi connectivity index (χ1v) is 8.66. The standard InChI is InChI=1S/C18H27N3O/c1-2-3-11-20-13-10-16(14-20)19-18(22)21-12-6-8-15-7-4-5-9-17(15)21/h4-5,7,9,16H,2-3,6,8,10-14H2,1H3,(H,19,22). The lowest BCUT2D eigenvalue weighted by atomic mass is 10.0. The van der Waals surface area contributed by atoms with Gasteiger partial charge in [-0.15, -0.1) is 0 Å². The maximum atomic E-state index is 12.6. The van der Waals surface area contributed by atoms with Crippen LogP contribution in [0.4, 0.5) is 10.5 Å². The van der Waals surface area contributed by atoms with E-state index in [-0.39, 0.29) is 6.03 Å². The molecule has 1 N–H and O–H groups in total. The molecule has 1 unspecified atom stereocenters. The summed E-state index contributed by atoms with van der Waals surface area (Å²) in [5.41, 5.74) is 2.38. The Morgan fingerprint density at radius 1 is 1.32 bits per heavy atom. The zero-order valence-corrected chi connectivity index (χ0v) is 13.6. The topological polar surface area (TPSA) is 35.6 Å². The van der Waals surface area contributed by atoms with E-state index in [4.69, 9.17) is 0 Å². The van der Waals surface area contributed by atoms with Gasteiger partial charge in [-0.25, -0.2) is 4.79 Å². The largest absolute Gasteiger partial charge is 0.334 e. The fourth-order valence-corrected chi connectivity index (χ4v) is 3.53. The minimum absolute atomic E-state index is 0.0782. The summed E-state index contributed by atoms with van der Waals surface area (Å²) in [6.45, 7) is 6.33. The van der Waals surface area contributed by atoms with E-state index < -0.39 is 0 Å². The number of fused-ring (bicyclic) bond motifs is 1. The van der Waals surface area contributed by atoms with Crippen molar-refractivity contribution < 1.29 is 4.79 Å². The highest BCUT2D eigenvalue weighted by Gasteiger charge is 2.27. The molecule has 2 amide bonds. The number of hydrogen-bond donors (Lipinski definition) is 1. The molecule has 4 nitrogen and oxygen atoms in total. The third-order valence-corrected chi connectivity index (χ3v) is 4.78. The molecule has 0 radical (unpaired) electrons. The van der Waals surface area contributed by atoms with E-state index >= 15 is 0 Å². The van der Waals surface area contributed by atoms with Crippen LogP contribution in [-0.2, 0) is 6.42 Å². The highest BCUT2D eigenvalue weighted by molar-refractivity contribution is 5.93. The first kappa shape index (κ1) is 15.3. The summed E-state index contributed by atoms with van der Waals surface area (Å²) in [6, 6.07) is 8.66. The van der Waals surface area contributed by atoms with Gasteiger partial charge in [0.15, 0.2) is 0 Å². The molecule has 2 aliphatic heterocycles. The molecule has 0 spiro atoms. The Morgan fingerprint density at radius 2 is 2.18 bits per heavy atom. The number of aryl methyl sites for hydroxylation is 1. The molecule has 0 aromatic heterocycles. The van der Waals surface area contributed by atoms with Crippen molar-refractivity contribution in [2.75, 3.05) is 31.1 Å². The van der Waals surface area contributed by atoms with Crippen molar-refractivity contribution in [3.8, 4) is 0 Å². The predicted octanol–water partition coefficient (Wildman–Crippen LogP) is 3.02. The molecule has 0 saturated carbocycles. The SMILES string of the molecule is CCCCN1CCC(NC(=O)N2CCCc3ccccc32)C1. The lowest BCUT2D eigenvalue weighted by Gasteiger charge is -2.30. The quantitative estimate of drug-likeness (QED) is 0.928. The summed E-state index contributed by atoms with van der Waals surface area (Å²) in [5, 5.41) is 3.24. The lowest BCUT2D eigenvalue weighted by Crippen LogP contribution is -2.47. The molecule has 3 rings (SSSR count). The molecule has 1 aromatic rings. The van der Waals surface area contributed by atoms with Crippen molar-refractivity contribution in [1.29, 1.82) is 0 Å². The first-order chi connectivity index (χ1) is 10.8. The monoisotopic (exact) mass is 301 g/mol. The summed E-state index contributed by atoms with van der Waals surface area (Å²) in [7, 11) is 0. The van der Waals surface area contributed by atoms with Crippen LogP contribution in [0.2, 0.25) is 0 Å². The van der Waals surface area contributed by atoms with Crippen molar-refractivity contribution in [3.63, 3.8) is 0 Å². The first-order valence-electron chi connectivity index (χ1n) is 8.66. The van der Waals surface area contributed by atoms with Gasteiger partial charge in [-0.1, -0.05) is 31.5 Å². The Hall–Kier alpha value is -1.55. The van der Waals surface area contributed by atoms with E-state index in [2.05, 4.69) is 35.3 Å². The van der Waals surface area contributed by atoms with Crippen LogP contribution in [0, 0.1) is 0 Å². The number of likely N-dealkylation sites (tertiary alicyclic amines) is 1. The maximum absolute atomic E-state index is 12.6. The van der Waals surface area contributed by atoms with E-state index in [9.17, 15) is 4.79 Å². The van der Waals surface area contributed by atoms with Crippen molar-refractivity contribution >= 4 is 11.7 Å². The van der Waals surface area contributed by atoms with Crippen LogP contribution in [-0.4, -0.2) is 43.2 Å². The van der Waals surface area contributed by atoms with E-state index in [1.165, 1.54) is 18.4 Å². The third kappa shape index (κ3) is 3.43. The Labute approximate surface area is 133 Å². The van der Waals surface area contributed by atoms with Crippen molar-refractivity contribution in [3.05, 3.63) is 29.8 Å². The van der Waals surface area contributed by atoms with Gasteiger partial charge in [-0.05, 0) is 43.9 Å². The van der Waals surface area contributed by atoms with E-state index in [1.54, 1.807) is 0 Å². The normalized spacial score (nSPS) is 21.7. The number of para-hydroxylation sites is 1. The molecule has 1 saturated heterocycles. The zero-order chi connectivity index (χ0) is 15.4. The Bertz CT molecular complexity index is 517. The Kier molecular flexibility index (Phi) is 4.98. The van der Waals surface area contributed by atoms with Crippen LogP contribution >= 0.6 is 0 Å². The number of nitrogens with zero attached hydrogens (tertiary/aromatic N) is 2. The number of carbonyl (C=O) groups excluding carboxylic acids is 1. The number of anilines is 1. The smallest absolute Gasteiger partial charge is 0.322 e. The summed E-state index contributed by atoms with van der Waals surface area (Å²) in [6.07, 6.45) is 5.69. The highest BCUT2D eigenvalue weighted by Crippen LogP contribution is 2.26. The summed E-state index contributed by atoms with van der Waals surface area (Å²) >= 11 is 0. The number of unbranched alkanes of at least 4 members (excludes halogenated alkanes) is 1. The average molecular weight is 301 g/mol. The Morgan fingerprint density at radius 3 is 3.05 bits per heavy atom. The van der Waals surface area contributed by atoms with Crippen molar-refractivity contribution in [1.82, 2.24) is 10.2 Å². The minimum atomic E-state index is 0.0782. The second-order valence-corrected chi connectivity index (χ2v) is 6.47. The van der Waals surface area contributed by atoms with Gasteiger partial charge in [0.2, 0.25) is 0 Å². The number of carbonyl (C=O) groups is 1. The number of benzene rings is 1. The molecular weight excluding hydrogens is 274 g/mol.